The Morgan fingerprint density at radius 1 is 0.931 bits per heavy atom. The van der Waals surface area contributed by atoms with Gasteiger partial charge >= 0.3 is 0 Å². The van der Waals surface area contributed by atoms with Gasteiger partial charge in [-0.15, -0.1) is 0 Å². The van der Waals surface area contributed by atoms with Gasteiger partial charge in [-0.1, -0.05) is 23.4 Å². The Morgan fingerprint density at radius 3 is 2.34 bits per heavy atom. The lowest BCUT2D eigenvalue weighted by molar-refractivity contribution is -0.118. The molecule has 144 valence electrons. The molecule has 4 rings (SSSR count). The molecule has 0 spiro atoms. The van der Waals surface area contributed by atoms with Crippen molar-refractivity contribution in [2.24, 2.45) is 0 Å². The topological polar surface area (TPSA) is 77.2 Å². The molecule has 0 saturated carbocycles. The Morgan fingerprint density at radius 2 is 1.62 bits per heavy atom. The fourth-order valence-corrected chi connectivity index (χ4v) is 2.62. The Kier molecular flexibility index (Phi) is 5.29. The van der Waals surface area contributed by atoms with E-state index in [1.165, 1.54) is 12.1 Å². The van der Waals surface area contributed by atoms with Crippen molar-refractivity contribution in [2.45, 2.75) is 0 Å². The third-order valence-corrected chi connectivity index (χ3v) is 4.06. The molecule has 0 fully saturated rings. The number of hydrogen-bond donors (Lipinski definition) is 1. The predicted molar refractivity (Wildman–Crippen MR) is 106 cm³/mol. The van der Waals surface area contributed by atoms with E-state index in [1.54, 1.807) is 48.5 Å². The molecule has 0 aliphatic heterocycles. The molecular formula is C22H16FN3O3. The van der Waals surface area contributed by atoms with Gasteiger partial charge in [0, 0.05) is 16.8 Å². The molecule has 6 nitrogen and oxygen atoms in total. The van der Waals surface area contributed by atoms with Gasteiger partial charge in [0.1, 0.15) is 11.6 Å². The van der Waals surface area contributed by atoms with Crippen LogP contribution in [-0.2, 0) is 4.79 Å². The molecule has 0 bridgehead atoms. The van der Waals surface area contributed by atoms with Crippen LogP contribution in [0.1, 0.15) is 0 Å². The summed E-state index contributed by atoms with van der Waals surface area (Å²) in [5, 5.41) is 6.68. The average molecular weight is 389 g/mol. The maximum absolute atomic E-state index is 13.0. The normalized spacial score (nSPS) is 10.5. The second-order valence-corrected chi connectivity index (χ2v) is 6.16. The number of halogens is 1. The van der Waals surface area contributed by atoms with Crippen molar-refractivity contribution < 1.29 is 18.4 Å². The summed E-state index contributed by atoms with van der Waals surface area (Å²) in [6.07, 6.45) is 0. The van der Waals surface area contributed by atoms with Crippen molar-refractivity contribution in [1.29, 1.82) is 0 Å². The smallest absolute Gasteiger partial charge is 0.262 e. The fraction of sp³-hybridized carbons (Fsp3) is 0.0455. The van der Waals surface area contributed by atoms with Gasteiger partial charge in [0.05, 0.1) is 0 Å². The van der Waals surface area contributed by atoms with Crippen LogP contribution in [0.5, 0.6) is 5.75 Å². The van der Waals surface area contributed by atoms with Crippen LogP contribution >= 0.6 is 0 Å². The average Bonchev–Trinajstić information content (AvgIpc) is 3.24. The largest absolute Gasteiger partial charge is 0.484 e. The highest BCUT2D eigenvalue weighted by Gasteiger charge is 2.11. The van der Waals surface area contributed by atoms with Crippen LogP contribution in [0.4, 0.5) is 10.1 Å². The number of amides is 1. The maximum Gasteiger partial charge on any atom is 0.262 e. The first-order valence-electron chi connectivity index (χ1n) is 8.85. The number of ether oxygens (including phenoxy) is 1. The standard InChI is InChI=1S/C22H16FN3O3/c23-17-10-6-15(7-11-17)21-25-22(29-26-21)16-8-12-18(13-9-16)24-20(27)14-28-19-4-2-1-3-5-19/h1-13H,14H2,(H,24,27). The molecule has 0 unspecified atom stereocenters. The zero-order chi connectivity index (χ0) is 20.1. The van der Waals surface area contributed by atoms with Crippen LogP contribution in [0, 0.1) is 5.82 Å². The van der Waals surface area contributed by atoms with E-state index >= 15 is 0 Å². The van der Waals surface area contributed by atoms with E-state index in [4.69, 9.17) is 9.26 Å². The van der Waals surface area contributed by atoms with E-state index in [0.29, 0.717) is 34.3 Å². The molecule has 3 aromatic carbocycles. The molecule has 0 radical (unpaired) electrons. The zero-order valence-electron chi connectivity index (χ0n) is 15.2. The second kappa shape index (κ2) is 8.35. The van der Waals surface area contributed by atoms with Gasteiger partial charge in [0.25, 0.3) is 11.8 Å². The Balaban J connectivity index is 1.38. The molecule has 4 aromatic rings. The summed E-state index contributed by atoms with van der Waals surface area (Å²) in [5.74, 6) is 0.735. The summed E-state index contributed by atoms with van der Waals surface area (Å²) in [5.41, 5.74) is 1.97. The van der Waals surface area contributed by atoms with Crippen molar-refractivity contribution in [3.8, 4) is 28.6 Å². The molecule has 0 aliphatic rings. The Hall–Kier alpha value is -4.00. The Bertz CT molecular complexity index is 1090. The van der Waals surface area contributed by atoms with Gasteiger partial charge in [0.15, 0.2) is 6.61 Å². The van der Waals surface area contributed by atoms with E-state index in [9.17, 15) is 9.18 Å². The van der Waals surface area contributed by atoms with Crippen LogP contribution < -0.4 is 10.1 Å². The van der Waals surface area contributed by atoms with Crippen LogP contribution in [0.25, 0.3) is 22.8 Å². The second-order valence-electron chi connectivity index (χ2n) is 6.16. The first-order valence-corrected chi connectivity index (χ1v) is 8.85. The van der Waals surface area contributed by atoms with Gasteiger partial charge in [-0.2, -0.15) is 4.98 Å². The number of aromatic nitrogens is 2. The summed E-state index contributed by atoms with van der Waals surface area (Å²) in [4.78, 5) is 16.3. The number of carbonyl (C=O) groups excluding carboxylic acids is 1. The van der Waals surface area contributed by atoms with Crippen LogP contribution in [0.15, 0.2) is 83.4 Å². The number of rotatable bonds is 6. The van der Waals surface area contributed by atoms with E-state index < -0.39 is 0 Å². The molecule has 0 aliphatic carbocycles. The van der Waals surface area contributed by atoms with Crippen molar-refractivity contribution >= 4 is 11.6 Å². The van der Waals surface area contributed by atoms with Crippen LogP contribution in [-0.4, -0.2) is 22.7 Å². The summed E-state index contributed by atoms with van der Waals surface area (Å²) in [7, 11) is 0. The number of para-hydroxylation sites is 1. The monoisotopic (exact) mass is 389 g/mol. The maximum atomic E-state index is 13.0. The highest BCUT2D eigenvalue weighted by Crippen LogP contribution is 2.23. The fourth-order valence-electron chi connectivity index (χ4n) is 2.62. The Labute approximate surface area is 166 Å². The SMILES string of the molecule is O=C(COc1ccccc1)Nc1ccc(-c2nc(-c3ccc(F)cc3)no2)cc1. The molecule has 0 saturated heterocycles. The predicted octanol–water partition coefficient (Wildman–Crippen LogP) is 4.56. The van der Waals surface area contributed by atoms with Crippen molar-refractivity contribution in [2.75, 3.05) is 11.9 Å². The lowest BCUT2D eigenvalue weighted by Crippen LogP contribution is -2.20. The number of carbonyl (C=O) groups is 1. The van der Waals surface area contributed by atoms with Crippen molar-refractivity contribution in [1.82, 2.24) is 10.1 Å². The van der Waals surface area contributed by atoms with Gasteiger partial charge in [0.2, 0.25) is 5.82 Å². The van der Waals surface area contributed by atoms with E-state index in [1.807, 2.05) is 18.2 Å². The van der Waals surface area contributed by atoms with Crippen molar-refractivity contribution in [3.05, 3.63) is 84.7 Å². The zero-order valence-corrected chi connectivity index (χ0v) is 15.2. The lowest BCUT2D eigenvalue weighted by atomic mass is 10.2. The summed E-state index contributed by atoms with van der Waals surface area (Å²) in [6.45, 7) is -0.0869. The molecule has 0 atom stereocenters. The van der Waals surface area contributed by atoms with E-state index in [-0.39, 0.29) is 18.3 Å². The molecule has 1 amide bonds. The third-order valence-electron chi connectivity index (χ3n) is 4.06. The van der Waals surface area contributed by atoms with E-state index in [2.05, 4.69) is 15.5 Å². The number of nitrogens with one attached hydrogen (secondary N) is 1. The number of benzene rings is 3. The van der Waals surface area contributed by atoms with Gasteiger partial charge in [-0.3, -0.25) is 4.79 Å². The van der Waals surface area contributed by atoms with Crippen LogP contribution in [0.3, 0.4) is 0 Å². The molecule has 7 heteroatoms. The van der Waals surface area contributed by atoms with Gasteiger partial charge in [-0.25, -0.2) is 4.39 Å². The molecule has 1 N–H and O–H groups in total. The summed E-state index contributed by atoms with van der Waals surface area (Å²) < 4.78 is 23.7. The summed E-state index contributed by atoms with van der Waals surface area (Å²) >= 11 is 0. The first kappa shape index (κ1) is 18.4. The first-order chi connectivity index (χ1) is 14.2. The molecule has 1 heterocycles. The minimum absolute atomic E-state index is 0.0869. The minimum atomic E-state index is -0.329. The number of hydrogen-bond acceptors (Lipinski definition) is 5. The number of anilines is 1. The van der Waals surface area contributed by atoms with E-state index in [0.717, 1.165) is 0 Å². The minimum Gasteiger partial charge on any atom is -0.484 e. The highest BCUT2D eigenvalue weighted by atomic mass is 19.1. The third kappa shape index (κ3) is 4.65. The summed E-state index contributed by atoms with van der Waals surface area (Å²) in [6, 6.07) is 21.9. The number of nitrogens with zero attached hydrogens (tertiary/aromatic N) is 2. The van der Waals surface area contributed by atoms with Gasteiger partial charge < -0.3 is 14.6 Å². The quantitative estimate of drug-likeness (QED) is 0.523. The molecule has 1 aromatic heterocycles. The lowest BCUT2D eigenvalue weighted by Gasteiger charge is -2.07. The van der Waals surface area contributed by atoms with Crippen molar-refractivity contribution in [3.63, 3.8) is 0 Å². The highest BCUT2D eigenvalue weighted by molar-refractivity contribution is 5.92. The van der Waals surface area contributed by atoms with Crippen LogP contribution in [0.2, 0.25) is 0 Å². The molecular weight excluding hydrogens is 373 g/mol. The molecule has 29 heavy (non-hydrogen) atoms. The van der Waals surface area contributed by atoms with Gasteiger partial charge in [-0.05, 0) is 60.7 Å².